The lowest BCUT2D eigenvalue weighted by atomic mass is 9.81. The number of carbonyl (C=O) groups excluding carboxylic acids is 1. The van der Waals surface area contributed by atoms with Crippen molar-refractivity contribution in [3.05, 3.63) is 29.6 Å². The molecule has 0 bridgehead atoms. The van der Waals surface area contributed by atoms with Crippen LogP contribution in [0.5, 0.6) is 0 Å². The molecular weight excluding hydrogens is 379 g/mol. The van der Waals surface area contributed by atoms with Gasteiger partial charge in [-0.1, -0.05) is 55.5 Å². The molecule has 0 aliphatic rings. The zero-order valence-electron chi connectivity index (χ0n) is 13.9. The summed E-state index contributed by atoms with van der Waals surface area (Å²) >= 11 is 3.32. The van der Waals surface area contributed by atoms with E-state index in [-0.39, 0.29) is 5.82 Å². The van der Waals surface area contributed by atoms with E-state index in [1.165, 1.54) is 12.1 Å². The summed E-state index contributed by atoms with van der Waals surface area (Å²) in [5, 5.41) is 0.448. The van der Waals surface area contributed by atoms with Crippen molar-refractivity contribution in [1.29, 1.82) is 0 Å². The van der Waals surface area contributed by atoms with E-state index in [9.17, 15) is 13.4 Å². The SMILES string of the molecule is CCCCC(C=O)(CCCC)CS(=O)c1ccc(F)cc1CBr. The molecule has 0 fully saturated rings. The number of hydrogen-bond acceptors (Lipinski definition) is 2. The summed E-state index contributed by atoms with van der Waals surface area (Å²) in [5.41, 5.74) is 0.156. The Morgan fingerprint density at radius 3 is 2.30 bits per heavy atom. The van der Waals surface area contributed by atoms with E-state index in [4.69, 9.17) is 0 Å². The Labute approximate surface area is 149 Å². The fourth-order valence-corrected chi connectivity index (χ4v) is 5.02. The molecule has 0 saturated carbocycles. The number of carbonyl (C=O) groups is 1. The Kier molecular flexibility index (Phi) is 9.22. The zero-order chi connectivity index (χ0) is 17.3. The van der Waals surface area contributed by atoms with E-state index in [0.717, 1.165) is 44.8 Å². The van der Waals surface area contributed by atoms with Crippen LogP contribution in [-0.4, -0.2) is 16.2 Å². The van der Waals surface area contributed by atoms with E-state index < -0.39 is 16.2 Å². The van der Waals surface area contributed by atoms with Gasteiger partial charge in [0.15, 0.2) is 0 Å². The molecular formula is C18H26BrFO2S. The molecule has 2 nitrogen and oxygen atoms in total. The molecule has 0 heterocycles. The normalized spacial score (nSPS) is 13.0. The summed E-state index contributed by atoms with van der Waals surface area (Å²) in [6.45, 7) is 4.19. The number of hydrogen-bond donors (Lipinski definition) is 0. The van der Waals surface area contributed by atoms with Crippen molar-refractivity contribution in [2.45, 2.75) is 62.6 Å². The molecule has 1 aromatic rings. The van der Waals surface area contributed by atoms with Crippen LogP contribution in [0, 0.1) is 11.2 Å². The second kappa shape index (κ2) is 10.3. The van der Waals surface area contributed by atoms with Gasteiger partial charge in [-0.3, -0.25) is 4.21 Å². The lowest BCUT2D eigenvalue weighted by Gasteiger charge is -2.28. The summed E-state index contributed by atoms with van der Waals surface area (Å²) in [6.07, 6.45) is 6.47. The van der Waals surface area contributed by atoms with Crippen LogP contribution in [0.15, 0.2) is 23.1 Å². The third kappa shape index (κ3) is 6.11. The summed E-state index contributed by atoms with van der Waals surface area (Å²) in [4.78, 5) is 12.4. The van der Waals surface area contributed by atoms with Gasteiger partial charge in [-0.15, -0.1) is 0 Å². The average molecular weight is 405 g/mol. The maximum atomic E-state index is 13.4. The number of benzene rings is 1. The molecule has 0 aromatic heterocycles. The lowest BCUT2D eigenvalue weighted by Crippen LogP contribution is -2.30. The van der Waals surface area contributed by atoms with Crippen LogP contribution in [0.4, 0.5) is 4.39 Å². The largest absolute Gasteiger partial charge is 0.303 e. The van der Waals surface area contributed by atoms with Crippen molar-refractivity contribution in [2.24, 2.45) is 5.41 Å². The van der Waals surface area contributed by atoms with Crippen molar-refractivity contribution in [2.75, 3.05) is 5.75 Å². The fraction of sp³-hybridized carbons (Fsp3) is 0.611. The van der Waals surface area contributed by atoms with E-state index in [0.29, 0.717) is 21.5 Å². The summed E-state index contributed by atoms with van der Waals surface area (Å²) in [6, 6.07) is 4.32. The molecule has 23 heavy (non-hydrogen) atoms. The van der Waals surface area contributed by atoms with Crippen molar-refractivity contribution in [3.63, 3.8) is 0 Å². The van der Waals surface area contributed by atoms with Gasteiger partial charge in [0.05, 0.1) is 10.8 Å². The maximum absolute atomic E-state index is 13.4. The minimum Gasteiger partial charge on any atom is -0.303 e. The van der Waals surface area contributed by atoms with Gasteiger partial charge in [0.1, 0.15) is 12.1 Å². The smallest absolute Gasteiger partial charge is 0.127 e. The second-order valence-electron chi connectivity index (χ2n) is 6.06. The quantitative estimate of drug-likeness (QED) is 0.365. The highest BCUT2D eigenvalue weighted by Crippen LogP contribution is 2.32. The van der Waals surface area contributed by atoms with E-state index in [1.807, 2.05) is 0 Å². The first-order chi connectivity index (χ1) is 11.0. The van der Waals surface area contributed by atoms with Gasteiger partial charge in [-0.25, -0.2) is 4.39 Å². The van der Waals surface area contributed by atoms with Crippen molar-refractivity contribution in [3.8, 4) is 0 Å². The molecule has 5 heteroatoms. The van der Waals surface area contributed by atoms with E-state index in [1.54, 1.807) is 6.07 Å². The van der Waals surface area contributed by atoms with Crippen LogP contribution in [0.3, 0.4) is 0 Å². The van der Waals surface area contributed by atoms with Crippen LogP contribution in [-0.2, 0) is 20.9 Å². The highest BCUT2D eigenvalue weighted by Gasteiger charge is 2.31. The topological polar surface area (TPSA) is 34.1 Å². The molecule has 0 saturated heterocycles. The summed E-state index contributed by atoms with van der Waals surface area (Å²) < 4.78 is 26.2. The molecule has 0 N–H and O–H groups in total. The number of aldehydes is 1. The molecule has 0 aliphatic heterocycles. The molecule has 1 rings (SSSR count). The zero-order valence-corrected chi connectivity index (χ0v) is 16.3. The van der Waals surface area contributed by atoms with E-state index >= 15 is 0 Å². The molecule has 1 unspecified atom stereocenters. The van der Waals surface area contributed by atoms with Gasteiger partial charge in [0, 0.05) is 21.4 Å². The second-order valence-corrected chi connectivity index (χ2v) is 8.04. The van der Waals surface area contributed by atoms with Crippen LogP contribution in [0.1, 0.15) is 57.9 Å². The van der Waals surface area contributed by atoms with E-state index in [2.05, 4.69) is 29.8 Å². The van der Waals surface area contributed by atoms with Gasteiger partial charge in [0.25, 0.3) is 0 Å². The van der Waals surface area contributed by atoms with Crippen molar-refractivity contribution >= 4 is 33.0 Å². The Hall–Kier alpha value is -0.550. The highest BCUT2D eigenvalue weighted by atomic mass is 79.9. The highest BCUT2D eigenvalue weighted by molar-refractivity contribution is 9.08. The molecule has 1 aromatic carbocycles. The maximum Gasteiger partial charge on any atom is 0.127 e. The van der Waals surface area contributed by atoms with Crippen LogP contribution < -0.4 is 0 Å². The number of rotatable bonds is 11. The predicted molar refractivity (Wildman–Crippen MR) is 97.9 cm³/mol. The Morgan fingerprint density at radius 2 is 1.83 bits per heavy atom. The number of halogens is 2. The number of unbranched alkanes of at least 4 members (excludes halogenated alkanes) is 2. The Bertz CT molecular complexity index is 526. The summed E-state index contributed by atoms with van der Waals surface area (Å²) in [7, 11) is -1.31. The third-order valence-corrected chi connectivity index (χ3v) is 6.47. The Balaban J connectivity index is 3.01. The minimum absolute atomic E-state index is 0.322. The minimum atomic E-state index is -1.31. The van der Waals surface area contributed by atoms with Crippen LogP contribution >= 0.6 is 15.9 Å². The average Bonchev–Trinajstić information content (AvgIpc) is 2.57. The standard InChI is InChI=1S/C18H26BrFO2S/c1-3-5-9-18(13-21,10-6-4-2)14-23(22)17-8-7-16(20)11-15(17)12-19/h7-8,11,13H,3-6,9-10,12,14H2,1-2H3. The third-order valence-electron chi connectivity index (χ3n) is 4.14. The van der Waals surface area contributed by atoms with Gasteiger partial charge >= 0.3 is 0 Å². The van der Waals surface area contributed by atoms with Crippen LogP contribution in [0.2, 0.25) is 0 Å². The molecule has 0 spiro atoms. The van der Waals surface area contributed by atoms with Crippen molar-refractivity contribution < 1.29 is 13.4 Å². The van der Waals surface area contributed by atoms with Gasteiger partial charge < -0.3 is 4.79 Å². The van der Waals surface area contributed by atoms with Gasteiger partial charge in [-0.2, -0.15) is 0 Å². The first-order valence-corrected chi connectivity index (χ1v) is 10.6. The van der Waals surface area contributed by atoms with Gasteiger partial charge in [-0.05, 0) is 36.6 Å². The molecule has 0 aliphatic carbocycles. The molecule has 0 amide bonds. The van der Waals surface area contributed by atoms with Gasteiger partial charge in [0.2, 0.25) is 0 Å². The Morgan fingerprint density at radius 1 is 1.22 bits per heavy atom. The fourth-order valence-electron chi connectivity index (χ4n) is 2.69. The van der Waals surface area contributed by atoms with Crippen LogP contribution in [0.25, 0.3) is 0 Å². The summed E-state index contributed by atoms with van der Waals surface area (Å²) in [5.74, 6) is -0.0129. The van der Waals surface area contributed by atoms with Crippen molar-refractivity contribution in [1.82, 2.24) is 0 Å². The monoisotopic (exact) mass is 404 g/mol. The molecule has 1 atom stereocenters. The molecule has 0 radical (unpaired) electrons. The predicted octanol–water partition coefficient (Wildman–Crippen LogP) is 5.39. The first-order valence-electron chi connectivity index (χ1n) is 8.21. The first kappa shape index (κ1) is 20.5. The molecule has 130 valence electrons. The number of alkyl halides is 1. The lowest BCUT2D eigenvalue weighted by molar-refractivity contribution is -0.116.